The van der Waals surface area contributed by atoms with Crippen molar-refractivity contribution in [2.24, 2.45) is 0 Å². The fourth-order valence-corrected chi connectivity index (χ4v) is 2.88. The van der Waals surface area contributed by atoms with Gasteiger partial charge in [0.25, 0.3) is 0 Å². The van der Waals surface area contributed by atoms with Crippen molar-refractivity contribution in [1.29, 1.82) is 0 Å². The Kier molecular flexibility index (Phi) is 4.65. The first-order valence-electron chi connectivity index (χ1n) is 6.60. The van der Waals surface area contributed by atoms with Crippen molar-refractivity contribution in [3.8, 4) is 0 Å². The van der Waals surface area contributed by atoms with Crippen LogP contribution in [-0.4, -0.2) is 17.6 Å². The van der Waals surface area contributed by atoms with E-state index in [0.717, 1.165) is 15.7 Å². The predicted octanol–water partition coefficient (Wildman–Crippen LogP) is 4.22. The average molecular weight is 336 g/mol. The molecular formula is C16H18BrNO2. The number of nitrogens with zero attached hydrogens (tertiary/aromatic N) is 1. The molecule has 0 unspecified atom stereocenters. The maximum atomic E-state index is 11.6. The first-order chi connectivity index (χ1) is 9.60. The molecule has 3 nitrogen and oxygen atoms in total. The van der Waals surface area contributed by atoms with E-state index in [4.69, 9.17) is 4.74 Å². The number of allylic oxidation sites excluding steroid dienone is 1. The molecular weight excluding hydrogens is 318 g/mol. The molecule has 2 rings (SSSR count). The molecule has 0 saturated heterocycles. The van der Waals surface area contributed by atoms with Crippen molar-refractivity contribution in [1.82, 2.24) is 4.57 Å². The monoisotopic (exact) mass is 335 g/mol. The number of carbonyl (C=O) groups is 1. The molecule has 2 aromatic rings. The second kappa shape index (κ2) is 6.27. The summed E-state index contributed by atoms with van der Waals surface area (Å²) in [5.41, 5.74) is 3.03. The maximum absolute atomic E-state index is 11.6. The zero-order chi connectivity index (χ0) is 14.7. The van der Waals surface area contributed by atoms with Gasteiger partial charge in [0.05, 0.1) is 7.11 Å². The summed E-state index contributed by atoms with van der Waals surface area (Å²) in [6.45, 7) is 4.69. The Labute approximate surface area is 127 Å². The van der Waals surface area contributed by atoms with Crippen LogP contribution in [0.15, 0.2) is 40.4 Å². The summed E-state index contributed by atoms with van der Waals surface area (Å²) in [6, 6.07) is 8.23. The van der Waals surface area contributed by atoms with Crippen molar-refractivity contribution >= 4 is 32.8 Å². The summed E-state index contributed by atoms with van der Waals surface area (Å²) in [6.07, 6.45) is 2.61. The molecule has 0 atom stereocenters. The Morgan fingerprint density at radius 1 is 1.40 bits per heavy atom. The Balaban J connectivity index is 2.42. The number of hydrogen-bond acceptors (Lipinski definition) is 2. The van der Waals surface area contributed by atoms with Gasteiger partial charge in [-0.3, -0.25) is 0 Å². The number of methoxy groups -OCH3 is 1. The maximum Gasteiger partial charge on any atom is 0.333 e. The first-order valence-corrected chi connectivity index (χ1v) is 7.40. The number of fused-ring (bicyclic) bond motifs is 1. The highest BCUT2D eigenvalue weighted by Crippen LogP contribution is 2.30. The quantitative estimate of drug-likeness (QED) is 0.618. The molecule has 0 amide bonds. The summed E-state index contributed by atoms with van der Waals surface area (Å²) in [4.78, 5) is 11.6. The van der Waals surface area contributed by atoms with Gasteiger partial charge in [-0.25, -0.2) is 4.79 Å². The fraction of sp³-hybridized carbons (Fsp3) is 0.312. The summed E-state index contributed by atoms with van der Waals surface area (Å²) >= 11 is 3.64. The zero-order valence-electron chi connectivity index (χ0n) is 11.9. The molecule has 20 heavy (non-hydrogen) atoms. The number of carbonyl (C=O) groups excluding carboxylic acids is 1. The number of ether oxygens (including phenoxy) is 1. The van der Waals surface area contributed by atoms with E-state index in [1.807, 2.05) is 25.1 Å². The molecule has 1 heterocycles. The number of para-hydroxylation sites is 1. The summed E-state index contributed by atoms with van der Waals surface area (Å²) in [5, 5.41) is 1.19. The Morgan fingerprint density at radius 3 is 2.75 bits per heavy atom. The first kappa shape index (κ1) is 14.9. The lowest BCUT2D eigenvalue weighted by molar-refractivity contribution is -0.136. The van der Waals surface area contributed by atoms with Crippen LogP contribution in [0.1, 0.15) is 19.0 Å². The van der Waals surface area contributed by atoms with Gasteiger partial charge in [0.15, 0.2) is 0 Å². The molecule has 1 aromatic heterocycles. The molecule has 0 radical (unpaired) electrons. The number of benzene rings is 1. The zero-order valence-corrected chi connectivity index (χ0v) is 13.5. The van der Waals surface area contributed by atoms with Crippen molar-refractivity contribution in [2.45, 2.75) is 26.8 Å². The molecule has 0 aliphatic rings. The molecule has 4 heteroatoms. The van der Waals surface area contributed by atoms with Crippen molar-refractivity contribution in [3.05, 3.63) is 46.1 Å². The third kappa shape index (κ3) is 2.66. The molecule has 106 valence electrons. The van der Waals surface area contributed by atoms with E-state index >= 15 is 0 Å². The van der Waals surface area contributed by atoms with Crippen LogP contribution in [-0.2, 0) is 16.1 Å². The van der Waals surface area contributed by atoms with Gasteiger partial charge in [0.2, 0.25) is 0 Å². The standard InChI is InChI=1S/C16H18BrNO2/c1-4-12(16(19)20-3)9-10-18-11(2)15(17)13-7-5-6-8-14(13)18/h5-9H,4,10H2,1-3H3. The van der Waals surface area contributed by atoms with E-state index in [-0.39, 0.29) is 5.97 Å². The lowest BCUT2D eigenvalue weighted by Crippen LogP contribution is -2.06. The molecule has 0 bridgehead atoms. The molecule has 0 spiro atoms. The van der Waals surface area contributed by atoms with Gasteiger partial charge in [0.1, 0.15) is 0 Å². The smallest absolute Gasteiger partial charge is 0.333 e. The molecule has 1 aromatic carbocycles. The van der Waals surface area contributed by atoms with E-state index in [1.54, 1.807) is 0 Å². The topological polar surface area (TPSA) is 31.2 Å². The highest BCUT2D eigenvalue weighted by atomic mass is 79.9. The van der Waals surface area contributed by atoms with Gasteiger partial charge in [0, 0.05) is 33.2 Å². The summed E-state index contributed by atoms with van der Waals surface area (Å²) in [5.74, 6) is -0.249. The normalized spacial score (nSPS) is 11.9. The third-order valence-electron chi connectivity index (χ3n) is 3.50. The fourth-order valence-electron chi connectivity index (χ4n) is 2.33. The molecule has 0 aliphatic heterocycles. The van der Waals surface area contributed by atoms with Crippen LogP contribution in [0.25, 0.3) is 10.9 Å². The second-order valence-corrected chi connectivity index (χ2v) is 5.39. The Morgan fingerprint density at radius 2 is 2.10 bits per heavy atom. The van der Waals surface area contributed by atoms with Gasteiger partial charge in [-0.05, 0) is 35.3 Å². The number of aromatic nitrogens is 1. The number of esters is 1. The Hall–Kier alpha value is -1.55. The van der Waals surface area contributed by atoms with E-state index in [9.17, 15) is 4.79 Å². The largest absolute Gasteiger partial charge is 0.466 e. The number of halogens is 1. The summed E-state index contributed by atoms with van der Waals surface area (Å²) < 4.78 is 8.09. The molecule has 0 N–H and O–H groups in total. The van der Waals surface area contributed by atoms with Crippen molar-refractivity contribution in [3.63, 3.8) is 0 Å². The van der Waals surface area contributed by atoms with Gasteiger partial charge in [-0.2, -0.15) is 0 Å². The van der Waals surface area contributed by atoms with E-state index in [1.165, 1.54) is 12.5 Å². The minimum absolute atomic E-state index is 0.249. The lowest BCUT2D eigenvalue weighted by atomic mass is 10.2. The van der Waals surface area contributed by atoms with Gasteiger partial charge in [-0.15, -0.1) is 0 Å². The molecule has 0 saturated carbocycles. The van der Waals surface area contributed by atoms with Crippen LogP contribution < -0.4 is 0 Å². The third-order valence-corrected chi connectivity index (χ3v) is 4.50. The number of hydrogen-bond donors (Lipinski definition) is 0. The Bertz CT molecular complexity index is 670. The van der Waals surface area contributed by atoms with E-state index in [0.29, 0.717) is 18.5 Å². The minimum Gasteiger partial charge on any atom is -0.466 e. The number of rotatable bonds is 4. The molecule has 0 aliphatic carbocycles. The molecule has 0 fully saturated rings. The van der Waals surface area contributed by atoms with Crippen LogP contribution in [0.2, 0.25) is 0 Å². The van der Waals surface area contributed by atoms with Crippen LogP contribution >= 0.6 is 15.9 Å². The van der Waals surface area contributed by atoms with Crippen LogP contribution in [0.5, 0.6) is 0 Å². The van der Waals surface area contributed by atoms with E-state index < -0.39 is 0 Å². The lowest BCUT2D eigenvalue weighted by Gasteiger charge is -2.07. The van der Waals surface area contributed by atoms with Crippen LogP contribution in [0, 0.1) is 6.92 Å². The highest BCUT2D eigenvalue weighted by molar-refractivity contribution is 9.10. The van der Waals surface area contributed by atoms with Gasteiger partial charge < -0.3 is 9.30 Å². The highest BCUT2D eigenvalue weighted by Gasteiger charge is 2.12. The van der Waals surface area contributed by atoms with Crippen LogP contribution in [0.3, 0.4) is 0 Å². The van der Waals surface area contributed by atoms with Crippen LogP contribution in [0.4, 0.5) is 0 Å². The minimum atomic E-state index is -0.249. The predicted molar refractivity (Wildman–Crippen MR) is 84.8 cm³/mol. The van der Waals surface area contributed by atoms with Crippen molar-refractivity contribution < 1.29 is 9.53 Å². The van der Waals surface area contributed by atoms with Gasteiger partial charge in [-0.1, -0.05) is 31.2 Å². The average Bonchev–Trinajstić information content (AvgIpc) is 2.72. The van der Waals surface area contributed by atoms with E-state index in [2.05, 4.69) is 39.6 Å². The SMILES string of the molecule is CCC(=CCn1c(C)c(Br)c2ccccc21)C(=O)OC. The summed E-state index contributed by atoms with van der Waals surface area (Å²) in [7, 11) is 1.42. The second-order valence-electron chi connectivity index (χ2n) is 4.60. The van der Waals surface area contributed by atoms with Crippen molar-refractivity contribution in [2.75, 3.05) is 7.11 Å². The van der Waals surface area contributed by atoms with Gasteiger partial charge >= 0.3 is 5.97 Å².